The van der Waals surface area contributed by atoms with E-state index in [1.807, 2.05) is 43.3 Å². The molecule has 0 fully saturated rings. The fourth-order valence-corrected chi connectivity index (χ4v) is 3.42. The third-order valence-corrected chi connectivity index (χ3v) is 4.89. The molecule has 6 nitrogen and oxygen atoms in total. The molecule has 0 radical (unpaired) electrons. The summed E-state index contributed by atoms with van der Waals surface area (Å²) in [6, 6.07) is 14.5. The van der Waals surface area contributed by atoms with Gasteiger partial charge in [-0.1, -0.05) is 17.7 Å². The number of aliphatic hydroxyl groups excluding tert-OH is 1. The molecule has 0 aliphatic heterocycles. The van der Waals surface area contributed by atoms with E-state index >= 15 is 0 Å². The molecule has 0 saturated heterocycles. The molecule has 1 heterocycles. The molecule has 3 N–H and O–H groups in total. The minimum absolute atomic E-state index is 0.0999. The van der Waals surface area contributed by atoms with Crippen molar-refractivity contribution in [3.63, 3.8) is 0 Å². The highest BCUT2D eigenvalue weighted by atomic mass is 35.5. The number of aliphatic hydroxyl groups is 1. The Morgan fingerprint density at radius 3 is 2.83 bits per heavy atom. The SMILES string of the molecule is CCOc1ccc2[nH]c(=O)c(CN(CCO)C(=S)Nc3cccc(Cl)c3)cc2c1. The Hall–Kier alpha value is -2.61. The number of aromatic nitrogens is 1. The van der Waals surface area contributed by atoms with Crippen molar-refractivity contribution in [1.82, 2.24) is 9.88 Å². The summed E-state index contributed by atoms with van der Waals surface area (Å²) in [5.74, 6) is 0.739. The lowest BCUT2D eigenvalue weighted by atomic mass is 10.1. The third kappa shape index (κ3) is 5.47. The molecule has 0 amide bonds. The number of halogens is 1. The maximum atomic E-state index is 12.6. The van der Waals surface area contributed by atoms with Crippen LogP contribution in [0.25, 0.3) is 10.9 Å². The van der Waals surface area contributed by atoms with Gasteiger partial charge in [0.05, 0.1) is 19.8 Å². The van der Waals surface area contributed by atoms with Gasteiger partial charge in [0.25, 0.3) is 5.56 Å². The normalized spacial score (nSPS) is 10.7. The van der Waals surface area contributed by atoms with E-state index in [1.165, 1.54) is 0 Å². The van der Waals surface area contributed by atoms with Crippen molar-refractivity contribution >= 4 is 45.5 Å². The maximum Gasteiger partial charge on any atom is 0.253 e. The molecule has 8 heteroatoms. The van der Waals surface area contributed by atoms with Gasteiger partial charge in [-0.3, -0.25) is 4.79 Å². The van der Waals surface area contributed by atoms with Crippen LogP contribution in [0.2, 0.25) is 5.02 Å². The Morgan fingerprint density at radius 1 is 1.28 bits per heavy atom. The number of benzene rings is 2. The Labute approximate surface area is 179 Å². The molecule has 2 aromatic carbocycles. The Bertz CT molecular complexity index is 1070. The van der Waals surface area contributed by atoms with E-state index in [0.29, 0.717) is 22.3 Å². The van der Waals surface area contributed by atoms with Crippen molar-refractivity contribution in [3.8, 4) is 5.75 Å². The van der Waals surface area contributed by atoms with Gasteiger partial charge in [0.15, 0.2) is 5.11 Å². The summed E-state index contributed by atoms with van der Waals surface area (Å²) in [5.41, 5.74) is 1.81. The number of anilines is 1. The van der Waals surface area contributed by atoms with Crippen LogP contribution in [-0.2, 0) is 6.54 Å². The number of thiocarbonyl (C=S) groups is 1. The zero-order valence-electron chi connectivity index (χ0n) is 15.9. The average Bonchev–Trinajstić information content (AvgIpc) is 2.68. The monoisotopic (exact) mass is 431 g/mol. The molecule has 1 aromatic heterocycles. The molecule has 152 valence electrons. The standard InChI is InChI=1S/C21H22ClN3O3S/c1-2-28-18-6-7-19-14(11-18)10-15(20(27)24-19)13-25(8-9-26)21(29)23-17-5-3-4-16(22)12-17/h3-7,10-12,26H,2,8-9,13H2,1H3,(H,23,29)(H,24,27). The van der Waals surface area contributed by atoms with Gasteiger partial charge in [-0.05, 0) is 61.6 Å². The Morgan fingerprint density at radius 2 is 2.10 bits per heavy atom. The van der Waals surface area contributed by atoms with Crippen LogP contribution in [-0.4, -0.2) is 39.9 Å². The molecule has 0 aliphatic rings. The fourth-order valence-electron chi connectivity index (χ4n) is 2.95. The number of pyridine rings is 1. The molecule has 0 aliphatic carbocycles. The van der Waals surface area contributed by atoms with Crippen molar-refractivity contribution in [1.29, 1.82) is 0 Å². The van der Waals surface area contributed by atoms with Crippen LogP contribution >= 0.6 is 23.8 Å². The lowest BCUT2D eigenvalue weighted by molar-refractivity contribution is 0.248. The van der Waals surface area contributed by atoms with E-state index < -0.39 is 0 Å². The van der Waals surface area contributed by atoms with Crippen LogP contribution in [0, 0.1) is 0 Å². The van der Waals surface area contributed by atoms with Crippen LogP contribution < -0.4 is 15.6 Å². The van der Waals surface area contributed by atoms with E-state index in [-0.39, 0.29) is 25.3 Å². The predicted octanol–water partition coefficient (Wildman–Crippen LogP) is 3.77. The van der Waals surface area contributed by atoms with Gasteiger partial charge in [0.1, 0.15) is 5.75 Å². The number of nitrogens with one attached hydrogen (secondary N) is 2. The molecule has 0 unspecified atom stereocenters. The lowest BCUT2D eigenvalue weighted by Crippen LogP contribution is -2.37. The van der Waals surface area contributed by atoms with Gasteiger partial charge >= 0.3 is 0 Å². The minimum Gasteiger partial charge on any atom is -0.494 e. The summed E-state index contributed by atoms with van der Waals surface area (Å²) >= 11 is 11.5. The summed E-state index contributed by atoms with van der Waals surface area (Å²) in [4.78, 5) is 17.2. The van der Waals surface area contributed by atoms with E-state index in [1.54, 1.807) is 17.0 Å². The molecule has 3 aromatic rings. The van der Waals surface area contributed by atoms with E-state index in [4.69, 9.17) is 28.6 Å². The predicted molar refractivity (Wildman–Crippen MR) is 121 cm³/mol. The highest BCUT2D eigenvalue weighted by Crippen LogP contribution is 2.20. The highest BCUT2D eigenvalue weighted by molar-refractivity contribution is 7.80. The summed E-state index contributed by atoms with van der Waals surface area (Å²) in [6.07, 6.45) is 0. The summed E-state index contributed by atoms with van der Waals surface area (Å²) < 4.78 is 5.54. The van der Waals surface area contributed by atoms with Crippen LogP contribution in [0.3, 0.4) is 0 Å². The first-order valence-electron chi connectivity index (χ1n) is 9.21. The summed E-state index contributed by atoms with van der Waals surface area (Å²) in [6.45, 7) is 2.91. The van der Waals surface area contributed by atoms with Crippen LogP contribution in [0.4, 0.5) is 5.69 Å². The van der Waals surface area contributed by atoms with Crippen molar-refractivity contribution in [3.05, 3.63) is 69.5 Å². The van der Waals surface area contributed by atoms with Gasteiger partial charge < -0.3 is 25.0 Å². The van der Waals surface area contributed by atoms with Crippen molar-refractivity contribution in [2.75, 3.05) is 25.1 Å². The van der Waals surface area contributed by atoms with Crippen LogP contribution in [0.15, 0.2) is 53.3 Å². The van der Waals surface area contributed by atoms with E-state index in [0.717, 1.165) is 22.3 Å². The molecule has 3 rings (SSSR count). The molecule has 0 atom stereocenters. The minimum atomic E-state index is -0.199. The Kier molecular flexibility index (Phi) is 7.09. The van der Waals surface area contributed by atoms with Gasteiger partial charge in [0.2, 0.25) is 0 Å². The van der Waals surface area contributed by atoms with Gasteiger partial charge in [-0.25, -0.2) is 0 Å². The second kappa shape index (κ2) is 9.73. The topological polar surface area (TPSA) is 77.6 Å². The zero-order chi connectivity index (χ0) is 20.8. The second-order valence-corrected chi connectivity index (χ2v) is 7.21. The first-order valence-corrected chi connectivity index (χ1v) is 10.00. The van der Waals surface area contributed by atoms with Gasteiger partial charge in [-0.15, -0.1) is 0 Å². The third-order valence-electron chi connectivity index (χ3n) is 4.30. The van der Waals surface area contributed by atoms with E-state index in [2.05, 4.69) is 10.3 Å². The van der Waals surface area contributed by atoms with Gasteiger partial charge in [0, 0.05) is 33.7 Å². The lowest BCUT2D eigenvalue weighted by Gasteiger charge is -2.25. The van der Waals surface area contributed by atoms with Crippen molar-refractivity contribution in [2.24, 2.45) is 0 Å². The van der Waals surface area contributed by atoms with Crippen molar-refractivity contribution in [2.45, 2.75) is 13.5 Å². The number of rotatable bonds is 7. The van der Waals surface area contributed by atoms with Crippen molar-refractivity contribution < 1.29 is 9.84 Å². The average molecular weight is 432 g/mol. The van der Waals surface area contributed by atoms with E-state index in [9.17, 15) is 9.90 Å². The molecule has 0 saturated carbocycles. The quantitative estimate of drug-likeness (QED) is 0.494. The van der Waals surface area contributed by atoms with Crippen LogP contribution in [0.1, 0.15) is 12.5 Å². The van der Waals surface area contributed by atoms with Crippen LogP contribution in [0.5, 0.6) is 5.75 Å². The number of aromatic amines is 1. The first-order chi connectivity index (χ1) is 14.0. The Balaban J connectivity index is 1.85. The molecular weight excluding hydrogens is 410 g/mol. The number of hydrogen-bond acceptors (Lipinski definition) is 4. The number of fused-ring (bicyclic) bond motifs is 1. The molecule has 0 spiro atoms. The number of nitrogens with zero attached hydrogens (tertiary/aromatic N) is 1. The molecule has 0 bridgehead atoms. The molecule has 29 heavy (non-hydrogen) atoms. The molecular formula is C21H22ClN3O3S. The largest absolute Gasteiger partial charge is 0.494 e. The maximum absolute atomic E-state index is 12.6. The van der Waals surface area contributed by atoms with Gasteiger partial charge in [-0.2, -0.15) is 0 Å². The summed E-state index contributed by atoms with van der Waals surface area (Å²) in [5, 5.41) is 14.4. The summed E-state index contributed by atoms with van der Waals surface area (Å²) in [7, 11) is 0. The second-order valence-electron chi connectivity index (χ2n) is 6.39. The number of ether oxygens (including phenoxy) is 1. The number of H-pyrrole nitrogens is 1. The smallest absolute Gasteiger partial charge is 0.253 e. The first kappa shape index (κ1) is 21.1. The number of hydrogen-bond donors (Lipinski definition) is 3. The fraction of sp³-hybridized carbons (Fsp3) is 0.238. The highest BCUT2D eigenvalue weighted by Gasteiger charge is 2.14. The zero-order valence-corrected chi connectivity index (χ0v) is 17.5.